The molecule has 1 heteroatoms. The summed E-state index contributed by atoms with van der Waals surface area (Å²) in [6.07, 6.45) is 0. The van der Waals surface area contributed by atoms with Gasteiger partial charge in [-0.2, -0.15) is 5.26 Å². The van der Waals surface area contributed by atoms with Crippen molar-refractivity contribution in [3.63, 3.8) is 0 Å². The van der Waals surface area contributed by atoms with Crippen LogP contribution in [0.2, 0.25) is 0 Å². The number of rotatable bonds is 0. The first-order valence-electron chi connectivity index (χ1n) is 7.37. The van der Waals surface area contributed by atoms with Crippen LogP contribution in [0.15, 0.2) is 48.5 Å². The summed E-state index contributed by atoms with van der Waals surface area (Å²) in [5.41, 5.74) is 3.57. The van der Waals surface area contributed by atoms with Crippen molar-refractivity contribution in [2.75, 3.05) is 0 Å². The van der Waals surface area contributed by atoms with E-state index in [9.17, 15) is 0 Å². The Morgan fingerprint density at radius 3 is 1.81 bits per heavy atom. The molecule has 2 aromatic carbocycles. The van der Waals surface area contributed by atoms with Gasteiger partial charge in [-0.1, -0.05) is 57.7 Å². The third-order valence-corrected chi connectivity index (χ3v) is 2.33. The predicted molar refractivity (Wildman–Crippen MR) is 91.0 cm³/mol. The van der Waals surface area contributed by atoms with Gasteiger partial charge in [-0.05, 0) is 42.8 Å². The first-order valence-corrected chi connectivity index (χ1v) is 7.37. The Labute approximate surface area is 129 Å². The lowest BCUT2D eigenvalue weighted by molar-refractivity contribution is 1.41. The minimum absolute atomic E-state index is 0.655. The summed E-state index contributed by atoms with van der Waals surface area (Å²) in [5.74, 6) is 6.16. The maximum atomic E-state index is 8.87. The lowest BCUT2D eigenvalue weighted by atomic mass is 10.1. The maximum Gasteiger partial charge on any atom is 0.0992 e. The quantitative estimate of drug-likeness (QED) is 0.598. The van der Waals surface area contributed by atoms with Crippen LogP contribution in [0.25, 0.3) is 0 Å². The van der Waals surface area contributed by atoms with Crippen LogP contribution in [0.5, 0.6) is 0 Å². The van der Waals surface area contributed by atoms with E-state index in [0.717, 1.165) is 16.7 Å². The molecule has 0 aromatic heterocycles. The van der Waals surface area contributed by atoms with Crippen LogP contribution < -0.4 is 0 Å². The first kappa shape index (κ1) is 18.5. The van der Waals surface area contributed by atoms with Crippen LogP contribution in [0, 0.1) is 30.1 Å². The average Bonchev–Trinajstić information content (AvgIpc) is 2.57. The molecule has 0 aliphatic carbocycles. The molecule has 0 aliphatic rings. The van der Waals surface area contributed by atoms with Gasteiger partial charge in [0.1, 0.15) is 0 Å². The van der Waals surface area contributed by atoms with Crippen molar-refractivity contribution >= 4 is 0 Å². The SMILES string of the molecule is CC.CC.Cc1cc(C#N)cc(C#Cc2ccccc2)c1. The Bertz CT molecular complexity index is 622. The lowest BCUT2D eigenvalue weighted by Gasteiger charge is -1.95. The number of hydrogen-bond donors (Lipinski definition) is 0. The van der Waals surface area contributed by atoms with Gasteiger partial charge in [-0.25, -0.2) is 0 Å². The van der Waals surface area contributed by atoms with Crippen LogP contribution in [0.4, 0.5) is 0 Å². The molecule has 0 atom stereocenters. The molecule has 0 fully saturated rings. The molecule has 0 aliphatic heterocycles. The molecular formula is C20H23N. The van der Waals surface area contributed by atoms with E-state index in [2.05, 4.69) is 17.9 Å². The van der Waals surface area contributed by atoms with Crippen molar-refractivity contribution < 1.29 is 0 Å². The number of nitriles is 1. The van der Waals surface area contributed by atoms with Crippen molar-refractivity contribution in [3.05, 3.63) is 70.8 Å². The minimum Gasteiger partial charge on any atom is -0.192 e. The number of nitrogens with zero attached hydrogens (tertiary/aromatic N) is 1. The Kier molecular flexibility index (Phi) is 9.97. The smallest absolute Gasteiger partial charge is 0.0992 e. The average molecular weight is 277 g/mol. The van der Waals surface area contributed by atoms with Crippen LogP contribution in [0.1, 0.15) is 49.9 Å². The summed E-state index contributed by atoms with van der Waals surface area (Å²) in [4.78, 5) is 0. The largest absolute Gasteiger partial charge is 0.192 e. The first-order chi connectivity index (χ1) is 10.3. The summed E-state index contributed by atoms with van der Waals surface area (Å²) < 4.78 is 0. The predicted octanol–water partition coefficient (Wildman–Crippen LogP) is 5.32. The van der Waals surface area contributed by atoms with Crippen LogP contribution >= 0.6 is 0 Å². The molecule has 108 valence electrons. The van der Waals surface area contributed by atoms with Crippen molar-refractivity contribution in [1.29, 1.82) is 5.26 Å². The number of hydrogen-bond acceptors (Lipinski definition) is 1. The standard InChI is InChI=1S/C16H11N.2C2H6/c1-13-9-15(11-16(10-13)12-17)8-7-14-5-3-2-4-6-14;2*1-2/h2-6,9-11H,1H3;2*1-2H3. The minimum atomic E-state index is 0.655. The van der Waals surface area contributed by atoms with Gasteiger partial charge in [0.15, 0.2) is 0 Å². The van der Waals surface area contributed by atoms with Crippen molar-refractivity contribution in [2.45, 2.75) is 34.6 Å². The van der Waals surface area contributed by atoms with Crippen molar-refractivity contribution in [2.24, 2.45) is 0 Å². The fourth-order valence-electron chi connectivity index (χ4n) is 1.59. The molecule has 0 heterocycles. The number of aryl methyl sites for hydroxylation is 1. The van der Waals surface area contributed by atoms with Gasteiger partial charge >= 0.3 is 0 Å². The van der Waals surface area contributed by atoms with Gasteiger partial charge in [0.25, 0.3) is 0 Å². The topological polar surface area (TPSA) is 23.8 Å². The summed E-state index contributed by atoms with van der Waals surface area (Å²) in [6.45, 7) is 9.97. The highest BCUT2D eigenvalue weighted by Gasteiger charge is 1.94. The monoisotopic (exact) mass is 277 g/mol. The van der Waals surface area contributed by atoms with Crippen LogP contribution in [-0.2, 0) is 0 Å². The van der Waals surface area contributed by atoms with Crippen LogP contribution in [0.3, 0.4) is 0 Å². The zero-order valence-electron chi connectivity index (χ0n) is 13.6. The third-order valence-electron chi connectivity index (χ3n) is 2.33. The lowest BCUT2D eigenvalue weighted by Crippen LogP contribution is -1.82. The van der Waals surface area contributed by atoms with Crippen molar-refractivity contribution in [3.8, 4) is 17.9 Å². The van der Waals surface area contributed by atoms with E-state index in [1.165, 1.54) is 0 Å². The van der Waals surface area contributed by atoms with E-state index in [-0.39, 0.29) is 0 Å². The Balaban J connectivity index is 0.000000921. The van der Waals surface area contributed by atoms with Gasteiger partial charge in [0.2, 0.25) is 0 Å². The van der Waals surface area contributed by atoms with E-state index < -0.39 is 0 Å². The highest BCUT2D eigenvalue weighted by atomic mass is 14.2. The molecule has 1 nitrogen and oxygen atoms in total. The molecule has 2 rings (SSSR count). The molecule has 0 radical (unpaired) electrons. The summed E-state index contributed by atoms with van der Waals surface area (Å²) in [5, 5.41) is 8.87. The molecule has 0 saturated heterocycles. The Hall–Kier alpha value is -2.51. The van der Waals surface area contributed by atoms with E-state index in [1.807, 2.05) is 83.1 Å². The molecule has 0 amide bonds. The Morgan fingerprint density at radius 1 is 0.714 bits per heavy atom. The second kappa shape index (κ2) is 11.3. The summed E-state index contributed by atoms with van der Waals surface area (Å²) in [7, 11) is 0. The normalized spacial score (nSPS) is 7.81. The highest BCUT2D eigenvalue weighted by Crippen LogP contribution is 2.08. The Morgan fingerprint density at radius 2 is 1.24 bits per heavy atom. The zero-order valence-corrected chi connectivity index (χ0v) is 13.6. The van der Waals surface area contributed by atoms with E-state index in [1.54, 1.807) is 0 Å². The zero-order chi connectivity index (χ0) is 16.1. The van der Waals surface area contributed by atoms with Gasteiger partial charge in [0, 0.05) is 11.1 Å². The second-order valence-electron chi connectivity index (χ2n) is 3.82. The van der Waals surface area contributed by atoms with Gasteiger partial charge < -0.3 is 0 Å². The van der Waals surface area contributed by atoms with Gasteiger partial charge in [0.05, 0.1) is 11.6 Å². The third kappa shape index (κ3) is 7.00. The molecular weight excluding hydrogens is 254 g/mol. The molecule has 0 bridgehead atoms. The fraction of sp³-hybridized carbons (Fsp3) is 0.250. The van der Waals surface area contributed by atoms with Gasteiger partial charge in [-0.3, -0.25) is 0 Å². The maximum absolute atomic E-state index is 8.87. The highest BCUT2D eigenvalue weighted by molar-refractivity contribution is 5.47. The summed E-state index contributed by atoms with van der Waals surface area (Å²) >= 11 is 0. The fourth-order valence-corrected chi connectivity index (χ4v) is 1.59. The van der Waals surface area contributed by atoms with Crippen LogP contribution in [-0.4, -0.2) is 0 Å². The molecule has 0 unspecified atom stereocenters. The molecule has 2 aromatic rings. The van der Waals surface area contributed by atoms with Gasteiger partial charge in [-0.15, -0.1) is 0 Å². The van der Waals surface area contributed by atoms with Crippen molar-refractivity contribution in [1.82, 2.24) is 0 Å². The molecule has 21 heavy (non-hydrogen) atoms. The molecule has 0 spiro atoms. The molecule has 0 N–H and O–H groups in total. The van der Waals surface area contributed by atoms with E-state index >= 15 is 0 Å². The van der Waals surface area contributed by atoms with E-state index in [4.69, 9.17) is 5.26 Å². The second-order valence-corrected chi connectivity index (χ2v) is 3.82. The summed E-state index contributed by atoms with van der Waals surface area (Å²) in [6, 6.07) is 17.6. The van der Waals surface area contributed by atoms with E-state index in [0.29, 0.717) is 5.56 Å². The number of benzene rings is 2. The molecule has 0 saturated carbocycles.